The van der Waals surface area contributed by atoms with Crippen LogP contribution in [0.3, 0.4) is 0 Å². The highest BCUT2D eigenvalue weighted by Crippen LogP contribution is 2.48. The van der Waals surface area contributed by atoms with Crippen LogP contribution in [-0.2, 0) is 9.53 Å². The maximum Gasteiger partial charge on any atom is 0.220 e. The summed E-state index contributed by atoms with van der Waals surface area (Å²) in [5, 5.41) is 3.57. The van der Waals surface area contributed by atoms with Gasteiger partial charge >= 0.3 is 0 Å². The Hall–Kier alpha value is -2.80. The zero-order valence-corrected chi connectivity index (χ0v) is 18.3. The average molecular weight is 457 g/mol. The van der Waals surface area contributed by atoms with Crippen LogP contribution in [0, 0.1) is 29.3 Å². The van der Waals surface area contributed by atoms with E-state index in [1.54, 1.807) is 12.1 Å². The first-order valence-electron chi connectivity index (χ1n) is 11.6. The lowest BCUT2D eigenvalue weighted by Crippen LogP contribution is -2.36. The summed E-state index contributed by atoms with van der Waals surface area (Å²) in [4.78, 5) is 15.4. The van der Waals surface area contributed by atoms with E-state index in [2.05, 4.69) is 10.3 Å². The highest BCUT2D eigenvalue weighted by atomic mass is 19.1. The second kappa shape index (κ2) is 9.21. The van der Waals surface area contributed by atoms with Gasteiger partial charge in [-0.25, -0.2) is 13.2 Å². The van der Waals surface area contributed by atoms with Crippen molar-refractivity contribution in [1.29, 1.82) is 0 Å². The monoisotopic (exact) mass is 456 g/mol. The topological polar surface area (TPSA) is 54.1 Å². The van der Waals surface area contributed by atoms with Gasteiger partial charge in [-0.2, -0.15) is 0 Å². The molecule has 1 aromatic heterocycles. The molecule has 33 heavy (non-hydrogen) atoms. The highest BCUT2D eigenvalue weighted by molar-refractivity contribution is 5.92. The van der Waals surface area contributed by atoms with Gasteiger partial charge in [0.25, 0.3) is 0 Å². The molecule has 2 aromatic carbocycles. The molecule has 1 saturated heterocycles. The molecule has 2 fully saturated rings. The maximum absolute atomic E-state index is 14.5. The number of amides is 1. The second-order valence-corrected chi connectivity index (χ2v) is 9.36. The molecule has 7 heteroatoms. The van der Waals surface area contributed by atoms with Gasteiger partial charge in [0.1, 0.15) is 17.5 Å². The molecule has 2 heterocycles. The van der Waals surface area contributed by atoms with Crippen LogP contribution in [0.4, 0.5) is 13.2 Å². The standard InChI is InChI=1S/C26H27F3N2O2/c27-19-5-3-17(4-6-19)25-24(21-11-20(28)12-22(29)26(21)31-25)18-8-16(9-18)13-30-23(32)10-15-2-1-7-33-14-15/h3-6,11-12,15-16,18,31H,1-2,7-10,13-14H2,(H,30,32)/t15?,16-,18+. The molecule has 1 unspecified atom stereocenters. The Morgan fingerprint density at radius 1 is 1.06 bits per heavy atom. The molecule has 3 aromatic rings. The molecule has 174 valence electrons. The Morgan fingerprint density at radius 2 is 1.85 bits per heavy atom. The summed E-state index contributed by atoms with van der Waals surface area (Å²) in [6.45, 7) is 2.03. The smallest absolute Gasteiger partial charge is 0.220 e. The lowest BCUT2D eigenvalue weighted by atomic mass is 9.70. The Bertz CT molecular complexity index is 1150. The molecule has 1 saturated carbocycles. The van der Waals surface area contributed by atoms with E-state index < -0.39 is 11.6 Å². The van der Waals surface area contributed by atoms with E-state index in [1.807, 2.05) is 0 Å². The first-order valence-corrected chi connectivity index (χ1v) is 11.6. The molecule has 0 radical (unpaired) electrons. The van der Waals surface area contributed by atoms with Crippen LogP contribution in [0.5, 0.6) is 0 Å². The van der Waals surface area contributed by atoms with Crippen molar-refractivity contribution in [3.05, 3.63) is 59.4 Å². The summed E-state index contributed by atoms with van der Waals surface area (Å²) in [5.74, 6) is -0.859. The fourth-order valence-corrected chi connectivity index (χ4v) is 5.21. The molecule has 4 nitrogen and oxygen atoms in total. The SMILES string of the molecule is O=C(CC1CCCOC1)NC[C@H]1C[C@@H](c2c(-c3ccc(F)cc3)[nH]c3c(F)cc(F)cc32)C1. The number of hydrogen-bond acceptors (Lipinski definition) is 2. The fraction of sp³-hybridized carbons (Fsp3) is 0.423. The van der Waals surface area contributed by atoms with Gasteiger partial charge in [0.05, 0.1) is 11.2 Å². The van der Waals surface area contributed by atoms with Crippen LogP contribution in [0.2, 0.25) is 0 Å². The summed E-state index contributed by atoms with van der Waals surface area (Å²) >= 11 is 0. The number of benzene rings is 2. The van der Waals surface area contributed by atoms with Gasteiger partial charge in [-0.15, -0.1) is 0 Å². The number of nitrogens with one attached hydrogen (secondary N) is 2. The number of fused-ring (bicyclic) bond motifs is 1. The van der Waals surface area contributed by atoms with E-state index >= 15 is 0 Å². The van der Waals surface area contributed by atoms with E-state index in [-0.39, 0.29) is 23.2 Å². The molecule has 0 spiro atoms. The number of halogens is 3. The summed E-state index contributed by atoms with van der Waals surface area (Å²) < 4.78 is 47.4. The predicted octanol–water partition coefficient (Wildman–Crippen LogP) is 5.68. The lowest BCUT2D eigenvalue weighted by molar-refractivity contribution is -0.123. The Balaban J connectivity index is 1.30. The van der Waals surface area contributed by atoms with Gasteiger partial charge in [-0.05, 0) is 84.9 Å². The van der Waals surface area contributed by atoms with Crippen molar-refractivity contribution in [2.45, 2.75) is 38.0 Å². The molecule has 1 aliphatic heterocycles. The number of ether oxygens (including phenoxy) is 1. The number of aromatic amines is 1. The zero-order valence-electron chi connectivity index (χ0n) is 18.3. The van der Waals surface area contributed by atoms with Crippen molar-refractivity contribution in [3.8, 4) is 11.3 Å². The van der Waals surface area contributed by atoms with Gasteiger partial charge in [0.15, 0.2) is 0 Å². The van der Waals surface area contributed by atoms with E-state index in [0.29, 0.717) is 42.5 Å². The molecule has 2 aliphatic rings. The van der Waals surface area contributed by atoms with Gasteiger partial charge in [-0.3, -0.25) is 4.79 Å². The predicted molar refractivity (Wildman–Crippen MR) is 120 cm³/mol. The van der Waals surface area contributed by atoms with E-state index in [9.17, 15) is 18.0 Å². The van der Waals surface area contributed by atoms with Crippen molar-refractivity contribution < 1.29 is 22.7 Å². The largest absolute Gasteiger partial charge is 0.381 e. The number of carbonyl (C=O) groups is 1. The van der Waals surface area contributed by atoms with Crippen LogP contribution in [0.1, 0.15) is 43.6 Å². The lowest BCUT2D eigenvalue weighted by Gasteiger charge is -2.36. The van der Waals surface area contributed by atoms with Gasteiger partial charge < -0.3 is 15.0 Å². The van der Waals surface area contributed by atoms with Crippen LogP contribution < -0.4 is 5.32 Å². The number of rotatable bonds is 6. The third-order valence-corrected chi connectivity index (χ3v) is 6.96. The normalized spacial score (nSPS) is 22.8. The van der Waals surface area contributed by atoms with Gasteiger partial charge in [0, 0.05) is 37.6 Å². The fourth-order valence-electron chi connectivity index (χ4n) is 5.21. The Labute approximate surface area is 190 Å². The van der Waals surface area contributed by atoms with E-state index in [4.69, 9.17) is 4.74 Å². The molecular formula is C26H27F3N2O2. The molecule has 2 N–H and O–H groups in total. The minimum atomic E-state index is -0.644. The number of hydrogen-bond donors (Lipinski definition) is 2. The Morgan fingerprint density at radius 3 is 2.58 bits per heavy atom. The first-order chi connectivity index (χ1) is 16.0. The second-order valence-electron chi connectivity index (χ2n) is 9.36. The number of carbonyl (C=O) groups excluding carboxylic acids is 1. The van der Waals surface area contributed by atoms with Crippen molar-refractivity contribution in [2.24, 2.45) is 11.8 Å². The quantitative estimate of drug-likeness (QED) is 0.502. The maximum atomic E-state index is 14.5. The van der Waals surface area contributed by atoms with Crippen LogP contribution in [0.25, 0.3) is 22.2 Å². The first kappa shape index (κ1) is 22.0. The van der Waals surface area contributed by atoms with Crippen molar-refractivity contribution in [2.75, 3.05) is 19.8 Å². The van der Waals surface area contributed by atoms with Crippen LogP contribution in [-0.4, -0.2) is 30.6 Å². The molecular weight excluding hydrogens is 429 g/mol. The van der Waals surface area contributed by atoms with Crippen LogP contribution >= 0.6 is 0 Å². The minimum absolute atomic E-state index is 0.0530. The average Bonchev–Trinajstić information content (AvgIpc) is 3.13. The van der Waals surface area contributed by atoms with Crippen molar-refractivity contribution >= 4 is 16.8 Å². The summed E-state index contributed by atoms with van der Waals surface area (Å²) in [7, 11) is 0. The minimum Gasteiger partial charge on any atom is -0.381 e. The van der Waals surface area contributed by atoms with Gasteiger partial charge in [-0.1, -0.05) is 0 Å². The molecule has 1 aliphatic carbocycles. The number of H-pyrrole nitrogens is 1. The molecule has 0 bridgehead atoms. The van der Waals surface area contributed by atoms with Gasteiger partial charge in [0.2, 0.25) is 5.91 Å². The molecule has 5 rings (SSSR count). The number of aromatic nitrogens is 1. The molecule has 1 atom stereocenters. The summed E-state index contributed by atoms with van der Waals surface area (Å²) in [6, 6.07) is 8.23. The third-order valence-electron chi connectivity index (χ3n) is 6.96. The van der Waals surface area contributed by atoms with Crippen molar-refractivity contribution in [3.63, 3.8) is 0 Å². The van der Waals surface area contributed by atoms with E-state index in [1.165, 1.54) is 18.2 Å². The zero-order chi connectivity index (χ0) is 22.9. The third kappa shape index (κ3) is 4.64. The van der Waals surface area contributed by atoms with Crippen molar-refractivity contribution in [1.82, 2.24) is 10.3 Å². The van der Waals surface area contributed by atoms with Crippen LogP contribution in [0.15, 0.2) is 36.4 Å². The highest BCUT2D eigenvalue weighted by Gasteiger charge is 2.35. The summed E-state index contributed by atoms with van der Waals surface area (Å²) in [6.07, 6.45) is 4.15. The molecule has 1 amide bonds. The van der Waals surface area contributed by atoms with E-state index in [0.717, 1.165) is 49.5 Å². The Kier molecular flexibility index (Phi) is 6.15. The summed E-state index contributed by atoms with van der Waals surface area (Å²) in [5.41, 5.74) is 2.54.